The lowest BCUT2D eigenvalue weighted by atomic mass is 10.3. The van der Waals surface area contributed by atoms with Crippen molar-refractivity contribution in [2.24, 2.45) is 0 Å². The molecule has 10 heavy (non-hydrogen) atoms. The average molecular weight is 201 g/mol. The van der Waals surface area contributed by atoms with Crippen molar-refractivity contribution in [3.63, 3.8) is 0 Å². The first-order valence-electron chi connectivity index (χ1n) is 3.13. The van der Waals surface area contributed by atoms with Crippen molar-refractivity contribution in [1.29, 1.82) is 0 Å². The Labute approximate surface area is 68.5 Å². The average Bonchev–Trinajstić information content (AvgIpc) is 2.31. The maximum absolute atomic E-state index is 4.10. The predicted octanol–water partition coefficient (Wildman–Crippen LogP) is 2.29. The van der Waals surface area contributed by atoms with Crippen molar-refractivity contribution in [2.45, 2.75) is 12.8 Å². The smallest absolute Gasteiger partial charge is 0.107 e. The maximum atomic E-state index is 4.10. The topological polar surface area (TPSA) is 28.7 Å². The van der Waals surface area contributed by atoms with Crippen LogP contribution in [0.4, 0.5) is 0 Å². The van der Waals surface area contributed by atoms with Gasteiger partial charge >= 0.3 is 0 Å². The van der Waals surface area contributed by atoms with Crippen molar-refractivity contribution in [2.75, 3.05) is 0 Å². The van der Waals surface area contributed by atoms with E-state index in [1.54, 1.807) is 6.20 Å². The van der Waals surface area contributed by atoms with Gasteiger partial charge in [-0.2, -0.15) is 0 Å². The van der Waals surface area contributed by atoms with Gasteiger partial charge in [0.05, 0.1) is 6.20 Å². The molecule has 0 saturated heterocycles. The van der Waals surface area contributed by atoms with E-state index in [0.717, 1.165) is 23.3 Å². The van der Waals surface area contributed by atoms with Crippen LogP contribution in [0.25, 0.3) is 0 Å². The van der Waals surface area contributed by atoms with Gasteiger partial charge in [-0.25, -0.2) is 4.98 Å². The molecule has 0 aliphatic carbocycles. The fourth-order valence-electron chi connectivity index (χ4n) is 0.703. The van der Waals surface area contributed by atoms with E-state index in [1.165, 1.54) is 0 Å². The normalized spacial score (nSPS) is 9.70. The number of imidazole rings is 1. The molecule has 2 nitrogen and oxygen atoms in total. The molecule has 0 amide bonds. The highest BCUT2D eigenvalue weighted by molar-refractivity contribution is 9.10. The predicted molar refractivity (Wildman–Crippen MR) is 44.8 cm³/mol. The molecule has 0 unspecified atom stereocenters. The Kier molecular flexibility index (Phi) is 2.68. The summed E-state index contributed by atoms with van der Waals surface area (Å²) in [6.07, 6.45) is 5.56. The van der Waals surface area contributed by atoms with Crippen LogP contribution in [0, 0.1) is 0 Å². The highest BCUT2D eigenvalue weighted by Gasteiger charge is 1.94. The number of hydrogen-bond acceptors (Lipinski definition) is 1. The standard InChI is InChI=1S/C7H9BrN2/c1-2-3-4-7-9-5-6(8)10-7/h2,5H,1,3-4H2,(H,9,10). The monoisotopic (exact) mass is 200 g/mol. The number of H-pyrrole nitrogens is 1. The van der Waals surface area contributed by atoms with E-state index >= 15 is 0 Å². The minimum absolute atomic E-state index is 0.937. The molecule has 3 heteroatoms. The second-order valence-electron chi connectivity index (χ2n) is 2.01. The molecule has 0 aliphatic heterocycles. The maximum Gasteiger partial charge on any atom is 0.107 e. The number of hydrogen-bond donors (Lipinski definition) is 1. The van der Waals surface area contributed by atoms with Crippen LogP contribution < -0.4 is 0 Å². The summed E-state index contributed by atoms with van der Waals surface area (Å²) in [6, 6.07) is 0. The van der Waals surface area contributed by atoms with Gasteiger partial charge < -0.3 is 4.98 Å². The molecule has 0 aliphatic rings. The Morgan fingerprint density at radius 2 is 2.60 bits per heavy atom. The minimum Gasteiger partial charge on any atom is -0.337 e. The van der Waals surface area contributed by atoms with E-state index in [-0.39, 0.29) is 0 Å². The zero-order valence-electron chi connectivity index (χ0n) is 5.60. The summed E-state index contributed by atoms with van der Waals surface area (Å²) >= 11 is 3.28. The number of nitrogens with one attached hydrogen (secondary N) is 1. The molecule has 0 fully saturated rings. The first-order valence-corrected chi connectivity index (χ1v) is 3.92. The van der Waals surface area contributed by atoms with E-state index < -0.39 is 0 Å². The summed E-state index contributed by atoms with van der Waals surface area (Å²) in [7, 11) is 0. The van der Waals surface area contributed by atoms with Crippen LogP contribution in [-0.4, -0.2) is 9.97 Å². The number of rotatable bonds is 3. The minimum atomic E-state index is 0.937. The molecular weight excluding hydrogens is 192 g/mol. The lowest BCUT2D eigenvalue weighted by molar-refractivity contribution is 0.909. The Morgan fingerprint density at radius 3 is 3.10 bits per heavy atom. The molecular formula is C7H9BrN2. The second-order valence-corrected chi connectivity index (χ2v) is 2.86. The van der Waals surface area contributed by atoms with Gasteiger partial charge in [0.15, 0.2) is 0 Å². The molecule has 0 spiro atoms. The van der Waals surface area contributed by atoms with E-state index in [9.17, 15) is 0 Å². The summed E-state index contributed by atoms with van der Waals surface area (Å²) in [6.45, 7) is 3.63. The molecule has 54 valence electrons. The quantitative estimate of drug-likeness (QED) is 0.746. The summed E-state index contributed by atoms with van der Waals surface area (Å²) in [5.74, 6) is 1.01. The Morgan fingerprint density at radius 1 is 1.80 bits per heavy atom. The summed E-state index contributed by atoms with van der Waals surface area (Å²) in [5, 5.41) is 0. The molecule has 1 aromatic rings. The molecule has 0 radical (unpaired) electrons. The zero-order valence-corrected chi connectivity index (χ0v) is 7.19. The fraction of sp³-hybridized carbons (Fsp3) is 0.286. The van der Waals surface area contributed by atoms with Crippen LogP contribution in [0.5, 0.6) is 0 Å². The molecule has 0 aromatic carbocycles. The molecule has 0 saturated carbocycles. The van der Waals surface area contributed by atoms with Gasteiger partial charge in [0.1, 0.15) is 10.4 Å². The third-order valence-corrected chi connectivity index (χ3v) is 1.59. The molecule has 0 bridgehead atoms. The number of aromatic amines is 1. The first-order chi connectivity index (χ1) is 4.83. The second kappa shape index (κ2) is 3.56. The highest BCUT2D eigenvalue weighted by atomic mass is 79.9. The van der Waals surface area contributed by atoms with Crippen molar-refractivity contribution < 1.29 is 0 Å². The first kappa shape index (κ1) is 7.54. The van der Waals surface area contributed by atoms with Gasteiger partial charge in [0.25, 0.3) is 0 Å². The molecule has 1 N–H and O–H groups in total. The molecule has 0 atom stereocenters. The fourth-order valence-corrected chi connectivity index (χ4v) is 1.03. The number of aromatic nitrogens is 2. The molecule has 1 aromatic heterocycles. The lowest BCUT2D eigenvalue weighted by Crippen LogP contribution is -1.84. The van der Waals surface area contributed by atoms with Crippen LogP contribution in [0.1, 0.15) is 12.2 Å². The summed E-state index contributed by atoms with van der Waals surface area (Å²) in [4.78, 5) is 7.17. The Balaban J connectivity index is 2.49. The SMILES string of the molecule is C=CCCc1ncc(Br)[nH]1. The van der Waals surface area contributed by atoms with E-state index in [0.29, 0.717) is 0 Å². The lowest BCUT2D eigenvalue weighted by Gasteiger charge is -1.88. The van der Waals surface area contributed by atoms with Crippen LogP contribution in [-0.2, 0) is 6.42 Å². The number of halogens is 1. The van der Waals surface area contributed by atoms with Gasteiger partial charge in [-0.05, 0) is 22.4 Å². The summed E-state index contributed by atoms with van der Waals surface area (Å²) < 4.78 is 0.937. The number of allylic oxidation sites excluding steroid dienone is 1. The number of aryl methyl sites for hydroxylation is 1. The highest BCUT2D eigenvalue weighted by Crippen LogP contribution is 2.05. The van der Waals surface area contributed by atoms with E-state index in [2.05, 4.69) is 32.5 Å². The van der Waals surface area contributed by atoms with Crippen LogP contribution in [0.2, 0.25) is 0 Å². The summed E-state index contributed by atoms with van der Waals surface area (Å²) in [5.41, 5.74) is 0. The largest absolute Gasteiger partial charge is 0.337 e. The third-order valence-electron chi connectivity index (χ3n) is 1.18. The molecule has 1 rings (SSSR count). The van der Waals surface area contributed by atoms with Gasteiger partial charge in [-0.1, -0.05) is 6.08 Å². The van der Waals surface area contributed by atoms with Gasteiger partial charge in [-0.15, -0.1) is 6.58 Å². The van der Waals surface area contributed by atoms with Crippen molar-refractivity contribution in [3.8, 4) is 0 Å². The third kappa shape index (κ3) is 1.99. The van der Waals surface area contributed by atoms with E-state index in [4.69, 9.17) is 0 Å². The van der Waals surface area contributed by atoms with E-state index in [1.807, 2.05) is 6.08 Å². The Hall–Kier alpha value is -0.570. The Bertz CT molecular complexity index is 217. The van der Waals surface area contributed by atoms with Crippen LogP contribution in [0.3, 0.4) is 0 Å². The number of nitrogens with zero attached hydrogens (tertiary/aromatic N) is 1. The van der Waals surface area contributed by atoms with Crippen molar-refractivity contribution in [3.05, 3.63) is 29.3 Å². The van der Waals surface area contributed by atoms with Crippen molar-refractivity contribution in [1.82, 2.24) is 9.97 Å². The van der Waals surface area contributed by atoms with Crippen LogP contribution >= 0.6 is 15.9 Å². The van der Waals surface area contributed by atoms with Crippen LogP contribution in [0.15, 0.2) is 23.5 Å². The van der Waals surface area contributed by atoms with Gasteiger partial charge in [0, 0.05) is 6.42 Å². The van der Waals surface area contributed by atoms with Gasteiger partial charge in [-0.3, -0.25) is 0 Å². The molecule has 1 heterocycles. The van der Waals surface area contributed by atoms with Crippen molar-refractivity contribution >= 4 is 15.9 Å². The van der Waals surface area contributed by atoms with Gasteiger partial charge in [0.2, 0.25) is 0 Å². The zero-order chi connectivity index (χ0) is 7.40.